The van der Waals surface area contributed by atoms with Gasteiger partial charge in [0, 0.05) is 44.0 Å². The molecule has 1 atom stereocenters. The number of nitrogens with zero attached hydrogens (tertiary/aromatic N) is 1. The third-order valence-corrected chi connectivity index (χ3v) is 3.82. The van der Waals surface area contributed by atoms with Crippen molar-refractivity contribution in [3.63, 3.8) is 0 Å². The van der Waals surface area contributed by atoms with Crippen LogP contribution in [0.4, 0.5) is 23.7 Å². The Morgan fingerprint density at radius 2 is 1.96 bits per heavy atom. The highest BCUT2D eigenvalue weighted by atomic mass is 19.4. The molecule has 2 rings (SSSR count). The number of hydrogen-bond acceptors (Lipinski definition) is 4. The second kappa shape index (κ2) is 8.17. The monoisotopic (exact) mass is 359 g/mol. The highest BCUT2D eigenvalue weighted by molar-refractivity contribution is 5.96. The molecule has 1 saturated heterocycles. The number of nitrogens with two attached hydrogens (primary N) is 1. The standard InChI is InChI=1S/C15H20F3N5O2/c16-15(17,18)12(23-6-4-20-5-7-23)9-21-13(24)10-2-1-3-11(8-10)22-14(19)25/h1-3,8,12,20H,4-7,9H2,(H,21,24)(H3,19,22,25). The van der Waals surface area contributed by atoms with Crippen LogP contribution in [0.3, 0.4) is 0 Å². The summed E-state index contributed by atoms with van der Waals surface area (Å²) in [5.41, 5.74) is 5.41. The van der Waals surface area contributed by atoms with Crippen molar-refractivity contribution in [2.75, 3.05) is 38.0 Å². The number of nitrogens with one attached hydrogen (secondary N) is 3. The molecule has 1 aromatic carbocycles. The number of hydrogen-bond donors (Lipinski definition) is 4. The van der Waals surface area contributed by atoms with Crippen molar-refractivity contribution in [1.82, 2.24) is 15.5 Å². The predicted octanol–water partition coefficient (Wildman–Crippen LogP) is 0.743. The van der Waals surface area contributed by atoms with Crippen LogP contribution in [0, 0.1) is 0 Å². The van der Waals surface area contributed by atoms with Gasteiger partial charge in [-0.05, 0) is 18.2 Å². The zero-order valence-corrected chi connectivity index (χ0v) is 13.4. The van der Waals surface area contributed by atoms with Gasteiger partial charge in [0.25, 0.3) is 5.91 Å². The molecule has 25 heavy (non-hydrogen) atoms. The molecular formula is C15H20F3N5O2. The molecule has 7 nitrogen and oxygen atoms in total. The number of urea groups is 1. The second-order valence-electron chi connectivity index (χ2n) is 5.62. The molecule has 5 N–H and O–H groups in total. The van der Waals surface area contributed by atoms with Gasteiger partial charge in [-0.1, -0.05) is 6.07 Å². The van der Waals surface area contributed by atoms with Gasteiger partial charge in [0.2, 0.25) is 0 Å². The van der Waals surface area contributed by atoms with Crippen molar-refractivity contribution in [2.24, 2.45) is 5.73 Å². The Kier molecular flexibility index (Phi) is 6.21. The molecule has 0 spiro atoms. The Labute approximate surface area is 142 Å². The van der Waals surface area contributed by atoms with E-state index in [-0.39, 0.29) is 24.3 Å². The molecule has 1 aromatic rings. The van der Waals surface area contributed by atoms with Gasteiger partial charge in [0.05, 0.1) is 0 Å². The Hall–Kier alpha value is -2.33. The first-order valence-electron chi connectivity index (χ1n) is 7.73. The van der Waals surface area contributed by atoms with E-state index in [1.54, 1.807) is 0 Å². The fourth-order valence-electron chi connectivity index (χ4n) is 2.62. The van der Waals surface area contributed by atoms with Crippen molar-refractivity contribution in [3.05, 3.63) is 29.8 Å². The Balaban J connectivity index is 2.02. The molecule has 1 fully saturated rings. The van der Waals surface area contributed by atoms with E-state index < -0.39 is 30.7 Å². The highest BCUT2D eigenvalue weighted by Crippen LogP contribution is 2.25. The lowest BCUT2D eigenvalue weighted by Gasteiger charge is -2.35. The van der Waals surface area contributed by atoms with Crippen LogP contribution in [0.1, 0.15) is 10.4 Å². The highest BCUT2D eigenvalue weighted by Gasteiger charge is 2.43. The zero-order valence-electron chi connectivity index (χ0n) is 13.4. The van der Waals surface area contributed by atoms with E-state index in [2.05, 4.69) is 16.0 Å². The third kappa shape index (κ3) is 5.61. The Morgan fingerprint density at radius 1 is 1.28 bits per heavy atom. The van der Waals surface area contributed by atoms with Crippen LogP contribution in [-0.4, -0.2) is 61.8 Å². The fourth-order valence-corrected chi connectivity index (χ4v) is 2.62. The van der Waals surface area contributed by atoms with E-state index in [0.717, 1.165) is 0 Å². The van der Waals surface area contributed by atoms with Crippen LogP contribution >= 0.6 is 0 Å². The van der Waals surface area contributed by atoms with Crippen LogP contribution < -0.4 is 21.7 Å². The van der Waals surface area contributed by atoms with Crippen molar-refractivity contribution in [3.8, 4) is 0 Å². The van der Waals surface area contributed by atoms with Gasteiger partial charge in [-0.2, -0.15) is 13.2 Å². The number of halogens is 3. The number of alkyl halides is 3. The van der Waals surface area contributed by atoms with Gasteiger partial charge in [0.15, 0.2) is 0 Å². The number of amides is 3. The van der Waals surface area contributed by atoms with Gasteiger partial charge in [-0.3, -0.25) is 9.69 Å². The van der Waals surface area contributed by atoms with Gasteiger partial charge < -0.3 is 21.7 Å². The van der Waals surface area contributed by atoms with Gasteiger partial charge in [0.1, 0.15) is 6.04 Å². The van der Waals surface area contributed by atoms with E-state index >= 15 is 0 Å². The van der Waals surface area contributed by atoms with E-state index in [9.17, 15) is 22.8 Å². The number of anilines is 1. The quantitative estimate of drug-likeness (QED) is 0.623. The van der Waals surface area contributed by atoms with Crippen LogP contribution in [0.2, 0.25) is 0 Å². The van der Waals surface area contributed by atoms with Crippen molar-refractivity contribution < 1.29 is 22.8 Å². The van der Waals surface area contributed by atoms with Crippen LogP contribution in [-0.2, 0) is 0 Å². The molecular weight excluding hydrogens is 339 g/mol. The predicted molar refractivity (Wildman–Crippen MR) is 86.3 cm³/mol. The van der Waals surface area contributed by atoms with Crippen molar-refractivity contribution in [1.29, 1.82) is 0 Å². The molecule has 138 valence electrons. The molecule has 1 aliphatic heterocycles. The van der Waals surface area contributed by atoms with Gasteiger partial charge in [-0.25, -0.2) is 4.79 Å². The smallest absolute Gasteiger partial charge is 0.351 e. The maximum Gasteiger partial charge on any atom is 0.405 e. The lowest BCUT2D eigenvalue weighted by molar-refractivity contribution is -0.183. The van der Waals surface area contributed by atoms with Crippen LogP contribution in [0.5, 0.6) is 0 Å². The topological polar surface area (TPSA) is 99.5 Å². The van der Waals surface area contributed by atoms with Crippen molar-refractivity contribution in [2.45, 2.75) is 12.2 Å². The maximum atomic E-state index is 13.3. The van der Waals surface area contributed by atoms with Crippen molar-refractivity contribution >= 4 is 17.6 Å². The molecule has 1 aliphatic rings. The minimum Gasteiger partial charge on any atom is -0.351 e. The first-order chi connectivity index (χ1) is 11.8. The van der Waals surface area contributed by atoms with Gasteiger partial charge in [-0.15, -0.1) is 0 Å². The first-order valence-corrected chi connectivity index (χ1v) is 7.73. The van der Waals surface area contributed by atoms with E-state index in [0.29, 0.717) is 13.1 Å². The summed E-state index contributed by atoms with van der Waals surface area (Å²) in [4.78, 5) is 24.3. The minimum atomic E-state index is -4.44. The largest absolute Gasteiger partial charge is 0.405 e. The summed E-state index contributed by atoms with van der Waals surface area (Å²) in [6.45, 7) is 0.925. The summed E-state index contributed by atoms with van der Waals surface area (Å²) < 4.78 is 39.9. The summed E-state index contributed by atoms with van der Waals surface area (Å²) in [6, 6.07) is 3.25. The molecule has 0 bridgehead atoms. The first kappa shape index (κ1) is 19.0. The second-order valence-corrected chi connectivity index (χ2v) is 5.62. The summed E-state index contributed by atoms with van der Waals surface area (Å²) in [7, 11) is 0. The Morgan fingerprint density at radius 3 is 2.56 bits per heavy atom. The number of primary amides is 1. The molecule has 0 aliphatic carbocycles. The van der Waals surface area contributed by atoms with Crippen LogP contribution in [0.25, 0.3) is 0 Å². The summed E-state index contributed by atoms with van der Waals surface area (Å²) in [5, 5.41) is 7.62. The summed E-state index contributed by atoms with van der Waals surface area (Å²) in [6.07, 6.45) is -4.44. The zero-order chi connectivity index (χ0) is 18.4. The normalized spacial score (nSPS) is 16.9. The third-order valence-electron chi connectivity index (χ3n) is 3.82. The van der Waals surface area contributed by atoms with E-state index in [4.69, 9.17) is 5.73 Å². The average Bonchev–Trinajstić information content (AvgIpc) is 2.54. The van der Waals surface area contributed by atoms with E-state index in [1.807, 2.05) is 0 Å². The lowest BCUT2D eigenvalue weighted by Crippen LogP contribution is -2.57. The molecule has 1 unspecified atom stereocenters. The Bertz CT molecular complexity index is 617. The summed E-state index contributed by atoms with van der Waals surface area (Å²) >= 11 is 0. The average molecular weight is 359 g/mol. The maximum absolute atomic E-state index is 13.3. The van der Waals surface area contributed by atoms with E-state index in [1.165, 1.54) is 29.2 Å². The van der Waals surface area contributed by atoms with Gasteiger partial charge >= 0.3 is 12.2 Å². The minimum absolute atomic E-state index is 0.132. The molecule has 10 heteroatoms. The number of carbonyl (C=O) groups is 2. The fraction of sp³-hybridized carbons (Fsp3) is 0.467. The lowest BCUT2D eigenvalue weighted by atomic mass is 10.1. The number of rotatable bonds is 5. The number of benzene rings is 1. The summed E-state index contributed by atoms with van der Waals surface area (Å²) in [5.74, 6) is -0.655. The number of carbonyl (C=O) groups excluding carboxylic acids is 2. The molecule has 3 amide bonds. The molecule has 0 radical (unpaired) electrons. The molecule has 1 heterocycles. The SMILES string of the molecule is NC(=O)Nc1cccc(C(=O)NCC(N2CCNCC2)C(F)(F)F)c1. The molecule has 0 aromatic heterocycles. The van der Waals surface area contributed by atoms with Crippen LogP contribution in [0.15, 0.2) is 24.3 Å². The number of piperazine rings is 1. The molecule has 0 saturated carbocycles.